The van der Waals surface area contributed by atoms with E-state index in [2.05, 4.69) is 21.2 Å². The van der Waals surface area contributed by atoms with E-state index in [0.717, 1.165) is 35.7 Å². The van der Waals surface area contributed by atoms with Gasteiger partial charge in [-0.1, -0.05) is 23.7 Å². The summed E-state index contributed by atoms with van der Waals surface area (Å²) in [5.41, 5.74) is 8.00. The van der Waals surface area contributed by atoms with Gasteiger partial charge < -0.3 is 16.0 Å². The van der Waals surface area contributed by atoms with Gasteiger partial charge in [-0.3, -0.25) is 9.59 Å². The molecule has 1 aliphatic carbocycles. The molecule has 0 heterocycles. The van der Waals surface area contributed by atoms with Gasteiger partial charge >= 0.3 is 0 Å². The predicted octanol–water partition coefficient (Wildman–Crippen LogP) is 4.97. The van der Waals surface area contributed by atoms with Crippen molar-refractivity contribution in [1.29, 1.82) is 0 Å². The lowest BCUT2D eigenvalue weighted by Crippen LogP contribution is -2.42. The van der Waals surface area contributed by atoms with Crippen LogP contribution in [0.1, 0.15) is 48.5 Å². The van der Waals surface area contributed by atoms with E-state index in [-0.39, 0.29) is 23.9 Å². The van der Waals surface area contributed by atoms with Gasteiger partial charge in [-0.2, -0.15) is 0 Å². The number of rotatable bonds is 5. The molecular weight excluding hydrogens is 454 g/mol. The zero-order valence-corrected chi connectivity index (χ0v) is 18.7. The van der Waals surface area contributed by atoms with Gasteiger partial charge in [0.25, 0.3) is 5.91 Å². The first-order chi connectivity index (χ1) is 13.8. The molecule has 0 spiro atoms. The third kappa shape index (κ3) is 5.59. The SMILES string of the molecule is CC(=O)N(Cc1cc(NC(=O)c2ccccc2Br)ccc1Cl)C1CCC(N)CC1. The summed E-state index contributed by atoms with van der Waals surface area (Å²) < 4.78 is 0.727. The molecule has 0 radical (unpaired) electrons. The third-order valence-corrected chi connectivity index (χ3v) is 6.41. The van der Waals surface area contributed by atoms with Gasteiger partial charge in [0.1, 0.15) is 0 Å². The van der Waals surface area contributed by atoms with Crippen molar-refractivity contribution < 1.29 is 9.59 Å². The van der Waals surface area contributed by atoms with Crippen molar-refractivity contribution in [3.05, 3.63) is 63.1 Å². The van der Waals surface area contributed by atoms with Gasteiger partial charge in [0, 0.05) is 40.7 Å². The lowest BCUT2D eigenvalue weighted by Gasteiger charge is -2.35. The van der Waals surface area contributed by atoms with Crippen molar-refractivity contribution in [3.8, 4) is 0 Å². The highest BCUT2D eigenvalue weighted by molar-refractivity contribution is 9.10. The van der Waals surface area contributed by atoms with Crippen LogP contribution < -0.4 is 11.1 Å². The lowest BCUT2D eigenvalue weighted by atomic mass is 9.90. The van der Waals surface area contributed by atoms with E-state index in [1.807, 2.05) is 29.2 Å². The second kappa shape index (κ2) is 9.74. The number of carbonyl (C=O) groups is 2. The minimum absolute atomic E-state index is 0.0178. The van der Waals surface area contributed by atoms with Gasteiger partial charge in [0.2, 0.25) is 5.91 Å². The van der Waals surface area contributed by atoms with Crippen LogP contribution in [0.3, 0.4) is 0 Å². The van der Waals surface area contributed by atoms with Crippen molar-refractivity contribution >= 4 is 45.0 Å². The molecular formula is C22H25BrClN3O2. The second-order valence-corrected chi connectivity index (χ2v) is 8.72. The Morgan fingerprint density at radius 1 is 1.17 bits per heavy atom. The smallest absolute Gasteiger partial charge is 0.256 e. The average molecular weight is 479 g/mol. The molecule has 1 fully saturated rings. The summed E-state index contributed by atoms with van der Waals surface area (Å²) >= 11 is 9.81. The second-order valence-electron chi connectivity index (χ2n) is 7.46. The fourth-order valence-electron chi connectivity index (χ4n) is 3.71. The highest BCUT2D eigenvalue weighted by Gasteiger charge is 2.26. The molecule has 154 valence electrons. The van der Waals surface area contributed by atoms with Gasteiger partial charge in [-0.15, -0.1) is 0 Å². The molecule has 2 aromatic rings. The van der Waals surface area contributed by atoms with Gasteiger partial charge in [0.15, 0.2) is 0 Å². The number of nitrogens with zero attached hydrogens (tertiary/aromatic N) is 1. The number of carbonyl (C=O) groups excluding carboxylic acids is 2. The van der Waals surface area contributed by atoms with E-state index in [4.69, 9.17) is 17.3 Å². The van der Waals surface area contributed by atoms with E-state index in [9.17, 15) is 9.59 Å². The molecule has 0 saturated heterocycles. The van der Waals surface area contributed by atoms with Crippen LogP contribution in [0.5, 0.6) is 0 Å². The normalized spacial score (nSPS) is 18.9. The predicted molar refractivity (Wildman–Crippen MR) is 120 cm³/mol. The van der Waals surface area contributed by atoms with Crippen LogP contribution >= 0.6 is 27.5 Å². The van der Waals surface area contributed by atoms with Crippen molar-refractivity contribution in [2.75, 3.05) is 5.32 Å². The maximum atomic E-state index is 12.6. The molecule has 29 heavy (non-hydrogen) atoms. The number of hydrogen-bond donors (Lipinski definition) is 2. The molecule has 3 N–H and O–H groups in total. The standard InChI is InChI=1S/C22H25BrClN3O2/c1-14(28)27(18-9-6-16(25)7-10-18)13-15-12-17(8-11-21(15)24)26-22(29)19-4-2-3-5-20(19)23/h2-5,8,11-12,16,18H,6-7,9-10,13,25H2,1H3,(H,26,29). The Kier molecular flexibility index (Phi) is 7.33. The Morgan fingerprint density at radius 2 is 1.86 bits per heavy atom. The van der Waals surface area contributed by atoms with Crippen molar-refractivity contribution in [2.45, 2.75) is 51.2 Å². The molecule has 5 nitrogen and oxygen atoms in total. The average Bonchev–Trinajstić information content (AvgIpc) is 2.69. The Hall–Kier alpha value is -1.89. The fraction of sp³-hybridized carbons (Fsp3) is 0.364. The molecule has 1 saturated carbocycles. The first-order valence-electron chi connectivity index (χ1n) is 9.72. The van der Waals surface area contributed by atoms with Crippen molar-refractivity contribution in [3.63, 3.8) is 0 Å². The zero-order chi connectivity index (χ0) is 21.0. The molecule has 0 bridgehead atoms. The summed E-state index contributed by atoms with van der Waals surface area (Å²) in [6, 6.07) is 13.0. The fourth-order valence-corrected chi connectivity index (χ4v) is 4.35. The number of nitrogens with two attached hydrogens (primary N) is 1. The van der Waals surface area contributed by atoms with Crippen LogP contribution in [0.25, 0.3) is 0 Å². The minimum Gasteiger partial charge on any atom is -0.336 e. The Balaban J connectivity index is 1.76. The monoisotopic (exact) mass is 477 g/mol. The zero-order valence-electron chi connectivity index (χ0n) is 16.3. The number of nitrogens with one attached hydrogen (secondary N) is 1. The quantitative estimate of drug-likeness (QED) is 0.637. The summed E-state index contributed by atoms with van der Waals surface area (Å²) in [7, 11) is 0. The maximum absolute atomic E-state index is 12.6. The summed E-state index contributed by atoms with van der Waals surface area (Å²) in [5, 5.41) is 3.48. The minimum atomic E-state index is -0.213. The van der Waals surface area contributed by atoms with Crippen LogP contribution in [-0.2, 0) is 11.3 Å². The topological polar surface area (TPSA) is 75.4 Å². The third-order valence-electron chi connectivity index (χ3n) is 5.35. The Bertz CT molecular complexity index is 897. The Labute approximate surface area is 184 Å². The first kappa shape index (κ1) is 21.8. The number of amides is 2. The van der Waals surface area contributed by atoms with Crippen molar-refractivity contribution in [1.82, 2.24) is 4.90 Å². The van der Waals surface area contributed by atoms with E-state index >= 15 is 0 Å². The first-order valence-corrected chi connectivity index (χ1v) is 10.9. The van der Waals surface area contributed by atoms with E-state index in [0.29, 0.717) is 22.8 Å². The molecule has 0 atom stereocenters. The number of anilines is 1. The van der Waals surface area contributed by atoms with E-state index < -0.39 is 0 Å². The molecule has 7 heteroatoms. The van der Waals surface area contributed by atoms with Crippen LogP contribution in [0.2, 0.25) is 5.02 Å². The summed E-state index contributed by atoms with van der Waals surface area (Å²) in [6.45, 7) is 1.99. The van der Waals surface area contributed by atoms with Crippen LogP contribution in [0, 0.1) is 0 Å². The molecule has 1 aliphatic rings. The number of halogens is 2. The Morgan fingerprint density at radius 3 is 2.52 bits per heavy atom. The van der Waals surface area contributed by atoms with E-state index in [1.54, 1.807) is 25.1 Å². The van der Waals surface area contributed by atoms with Crippen LogP contribution in [0.4, 0.5) is 5.69 Å². The van der Waals surface area contributed by atoms with Gasteiger partial charge in [-0.25, -0.2) is 0 Å². The molecule has 2 amide bonds. The lowest BCUT2D eigenvalue weighted by molar-refractivity contribution is -0.132. The highest BCUT2D eigenvalue weighted by Crippen LogP contribution is 2.28. The largest absolute Gasteiger partial charge is 0.336 e. The van der Waals surface area contributed by atoms with Crippen LogP contribution in [0.15, 0.2) is 46.9 Å². The maximum Gasteiger partial charge on any atom is 0.256 e. The molecule has 0 unspecified atom stereocenters. The van der Waals surface area contributed by atoms with Gasteiger partial charge in [-0.05, 0) is 77.5 Å². The summed E-state index contributed by atoms with van der Waals surface area (Å²) in [5.74, 6) is -0.195. The van der Waals surface area contributed by atoms with Crippen LogP contribution in [-0.4, -0.2) is 28.8 Å². The number of hydrogen-bond acceptors (Lipinski definition) is 3. The highest BCUT2D eigenvalue weighted by atomic mass is 79.9. The molecule has 3 rings (SSSR count). The summed E-state index contributed by atoms with van der Waals surface area (Å²) in [6.07, 6.45) is 3.64. The summed E-state index contributed by atoms with van der Waals surface area (Å²) in [4.78, 5) is 26.8. The van der Waals surface area contributed by atoms with Crippen molar-refractivity contribution in [2.24, 2.45) is 5.73 Å². The molecule has 2 aromatic carbocycles. The molecule has 0 aromatic heterocycles. The number of benzene rings is 2. The van der Waals surface area contributed by atoms with Gasteiger partial charge in [0.05, 0.1) is 5.56 Å². The van der Waals surface area contributed by atoms with E-state index in [1.165, 1.54) is 0 Å². The molecule has 0 aliphatic heterocycles.